The molecule has 0 aliphatic rings. The number of Topliss-reactive ketones (excluding diaryl/α,β-unsaturated/α-hetero) is 1. The Bertz CT molecular complexity index is 961. The van der Waals surface area contributed by atoms with Gasteiger partial charge in [-0.3, -0.25) is 19.9 Å². The molecule has 3 rings (SSSR count). The van der Waals surface area contributed by atoms with Crippen LogP contribution in [0.15, 0.2) is 47.0 Å². The van der Waals surface area contributed by atoms with E-state index in [0.717, 1.165) is 17.0 Å². The Morgan fingerprint density at radius 3 is 2.54 bits per heavy atom. The summed E-state index contributed by atoms with van der Waals surface area (Å²) in [5, 5.41) is 14.7. The van der Waals surface area contributed by atoms with Gasteiger partial charge in [0, 0.05) is 53.6 Å². The molecule has 7 heteroatoms. The van der Waals surface area contributed by atoms with Crippen LogP contribution in [0.5, 0.6) is 0 Å². The Morgan fingerprint density at radius 1 is 1.15 bits per heavy atom. The predicted molar refractivity (Wildman–Crippen MR) is 95.0 cm³/mol. The second-order valence-electron chi connectivity index (χ2n) is 5.99. The van der Waals surface area contributed by atoms with E-state index in [4.69, 9.17) is 4.52 Å². The second-order valence-corrected chi connectivity index (χ2v) is 5.99. The zero-order valence-corrected chi connectivity index (χ0v) is 14.4. The summed E-state index contributed by atoms with van der Waals surface area (Å²) < 4.78 is 5.28. The zero-order valence-electron chi connectivity index (χ0n) is 14.4. The van der Waals surface area contributed by atoms with Crippen molar-refractivity contribution in [3.8, 4) is 11.3 Å². The average molecular weight is 351 g/mol. The molecule has 0 fully saturated rings. The number of hydrogen-bond acceptors (Lipinski definition) is 6. The van der Waals surface area contributed by atoms with Crippen molar-refractivity contribution >= 4 is 11.5 Å². The third kappa shape index (κ3) is 3.83. The molecule has 0 radical (unpaired) electrons. The van der Waals surface area contributed by atoms with Crippen LogP contribution in [0.1, 0.15) is 33.9 Å². The molecule has 7 nitrogen and oxygen atoms in total. The maximum absolute atomic E-state index is 12.4. The Kier molecular flexibility index (Phi) is 4.88. The molecular formula is C19H17N3O4. The number of carbonyl (C=O) groups excluding carboxylic acids is 1. The highest BCUT2D eigenvalue weighted by Gasteiger charge is 2.13. The lowest BCUT2D eigenvalue weighted by Gasteiger charge is -2.04. The molecular weight excluding hydrogens is 334 g/mol. The minimum absolute atomic E-state index is 0.00304. The van der Waals surface area contributed by atoms with E-state index in [1.54, 1.807) is 24.3 Å². The summed E-state index contributed by atoms with van der Waals surface area (Å²) in [6, 6.07) is 11.4. The van der Waals surface area contributed by atoms with Crippen molar-refractivity contribution in [3.63, 3.8) is 0 Å². The monoisotopic (exact) mass is 351 g/mol. The standard InChI is InChI=1S/C19H17N3O4/c1-12-3-9-17(13(2)20-12)19(23)10-8-16-11-18(21-26-16)14-4-6-15(7-5-14)22(24)25/h3-7,9,11H,8,10H2,1-2H3. The van der Waals surface area contributed by atoms with Gasteiger partial charge in [0.25, 0.3) is 5.69 Å². The molecule has 2 heterocycles. The van der Waals surface area contributed by atoms with E-state index < -0.39 is 4.92 Å². The summed E-state index contributed by atoms with van der Waals surface area (Å²) in [7, 11) is 0. The van der Waals surface area contributed by atoms with Crippen molar-refractivity contribution < 1.29 is 14.2 Å². The van der Waals surface area contributed by atoms with Crippen LogP contribution in [-0.2, 0) is 6.42 Å². The van der Waals surface area contributed by atoms with Crippen LogP contribution in [0.4, 0.5) is 5.69 Å². The van der Waals surface area contributed by atoms with Gasteiger partial charge in [0.1, 0.15) is 11.5 Å². The van der Waals surface area contributed by atoms with Crippen LogP contribution >= 0.6 is 0 Å². The number of ketones is 1. The molecule has 0 saturated heterocycles. The highest BCUT2D eigenvalue weighted by Crippen LogP contribution is 2.23. The summed E-state index contributed by atoms with van der Waals surface area (Å²) >= 11 is 0. The van der Waals surface area contributed by atoms with Gasteiger partial charge in [-0.25, -0.2) is 0 Å². The van der Waals surface area contributed by atoms with E-state index in [1.807, 2.05) is 19.9 Å². The normalized spacial score (nSPS) is 10.7. The molecule has 0 N–H and O–H groups in total. The topological polar surface area (TPSA) is 99.1 Å². The minimum atomic E-state index is -0.453. The summed E-state index contributed by atoms with van der Waals surface area (Å²) in [5.74, 6) is 0.590. The number of aryl methyl sites for hydroxylation is 3. The Hall–Kier alpha value is -3.35. The number of rotatable bonds is 6. The third-order valence-electron chi connectivity index (χ3n) is 4.06. The van der Waals surface area contributed by atoms with Crippen LogP contribution in [-0.4, -0.2) is 20.8 Å². The van der Waals surface area contributed by atoms with E-state index in [9.17, 15) is 14.9 Å². The molecule has 26 heavy (non-hydrogen) atoms. The minimum Gasteiger partial charge on any atom is -0.361 e. The van der Waals surface area contributed by atoms with Crippen LogP contribution in [0.2, 0.25) is 0 Å². The smallest absolute Gasteiger partial charge is 0.269 e. The van der Waals surface area contributed by atoms with E-state index in [0.29, 0.717) is 29.9 Å². The van der Waals surface area contributed by atoms with Crippen LogP contribution in [0, 0.1) is 24.0 Å². The Balaban J connectivity index is 1.66. The lowest BCUT2D eigenvalue weighted by molar-refractivity contribution is -0.384. The van der Waals surface area contributed by atoms with E-state index >= 15 is 0 Å². The van der Waals surface area contributed by atoms with E-state index in [1.165, 1.54) is 12.1 Å². The first-order valence-electron chi connectivity index (χ1n) is 8.12. The van der Waals surface area contributed by atoms with Gasteiger partial charge in [0.05, 0.1) is 4.92 Å². The molecule has 0 saturated carbocycles. The molecule has 0 spiro atoms. The van der Waals surface area contributed by atoms with Gasteiger partial charge >= 0.3 is 0 Å². The van der Waals surface area contributed by atoms with Gasteiger partial charge in [-0.1, -0.05) is 5.16 Å². The van der Waals surface area contributed by atoms with Gasteiger partial charge in [-0.2, -0.15) is 0 Å². The lowest BCUT2D eigenvalue weighted by Crippen LogP contribution is -2.05. The SMILES string of the molecule is Cc1ccc(C(=O)CCc2cc(-c3ccc([N+](=O)[O-])cc3)no2)c(C)n1. The van der Waals surface area contributed by atoms with Gasteiger partial charge in [0.15, 0.2) is 5.78 Å². The third-order valence-corrected chi connectivity index (χ3v) is 4.06. The summed E-state index contributed by atoms with van der Waals surface area (Å²) in [4.78, 5) is 26.9. The molecule has 2 aromatic heterocycles. The molecule has 0 aliphatic carbocycles. The van der Waals surface area contributed by atoms with Gasteiger partial charge in [-0.05, 0) is 38.1 Å². The molecule has 0 unspecified atom stereocenters. The van der Waals surface area contributed by atoms with E-state index in [2.05, 4.69) is 10.1 Å². The van der Waals surface area contributed by atoms with Crippen molar-refractivity contribution in [2.75, 3.05) is 0 Å². The highest BCUT2D eigenvalue weighted by atomic mass is 16.6. The molecule has 0 amide bonds. The average Bonchev–Trinajstić information content (AvgIpc) is 3.09. The number of carbonyl (C=O) groups is 1. The number of nitro benzene ring substituents is 1. The molecule has 3 aromatic rings. The fourth-order valence-electron chi connectivity index (χ4n) is 2.67. The van der Waals surface area contributed by atoms with Crippen LogP contribution in [0.25, 0.3) is 11.3 Å². The number of non-ortho nitro benzene ring substituents is 1. The Morgan fingerprint density at radius 2 is 1.88 bits per heavy atom. The molecule has 0 bridgehead atoms. The largest absolute Gasteiger partial charge is 0.361 e. The van der Waals surface area contributed by atoms with Gasteiger partial charge in [-0.15, -0.1) is 0 Å². The number of hydrogen-bond donors (Lipinski definition) is 0. The predicted octanol–water partition coefficient (Wildman–Crippen LogP) is 4.08. The number of aromatic nitrogens is 2. The zero-order chi connectivity index (χ0) is 18.7. The maximum Gasteiger partial charge on any atom is 0.269 e. The van der Waals surface area contributed by atoms with Crippen molar-refractivity contribution in [1.29, 1.82) is 0 Å². The number of benzene rings is 1. The maximum atomic E-state index is 12.4. The summed E-state index contributed by atoms with van der Waals surface area (Å²) in [5.41, 5.74) is 3.53. The Labute approximate surface area is 149 Å². The fraction of sp³-hybridized carbons (Fsp3) is 0.211. The quantitative estimate of drug-likeness (QED) is 0.377. The van der Waals surface area contributed by atoms with Crippen molar-refractivity contribution in [2.24, 2.45) is 0 Å². The number of nitro groups is 1. The number of nitrogens with zero attached hydrogens (tertiary/aromatic N) is 3. The second kappa shape index (κ2) is 7.26. The molecule has 1 aromatic carbocycles. The van der Waals surface area contributed by atoms with Crippen LogP contribution < -0.4 is 0 Å². The van der Waals surface area contributed by atoms with Crippen molar-refractivity contribution in [3.05, 3.63) is 75.3 Å². The lowest BCUT2D eigenvalue weighted by atomic mass is 10.0. The van der Waals surface area contributed by atoms with Crippen molar-refractivity contribution in [2.45, 2.75) is 26.7 Å². The first-order valence-corrected chi connectivity index (χ1v) is 8.12. The van der Waals surface area contributed by atoms with Crippen molar-refractivity contribution in [1.82, 2.24) is 10.1 Å². The molecule has 0 aliphatic heterocycles. The molecule has 0 atom stereocenters. The fourth-order valence-corrected chi connectivity index (χ4v) is 2.67. The van der Waals surface area contributed by atoms with Gasteiger partial charge < -0.3 is 4.52 Å². The number of pyridine rings is 1. The highest BCUT2D eigenvalue weighted by molar-refractivity contribution is 5.97. The molecule has 132 valence electrons. The van der Waals surface area contributed by atoms with Gasteiger partial charge in [0.2, 0.25) is 0 Å². The summed E-state index contributed by atoms with van der Waals surface area (Å²) in [6.45, 7) is 3.71. The van der Waals surface area contributed by atoms with Crippen LogP contribution in [0.3, 0.4) is 0 Å². The summed E-state index contributed by atoms with van der Waals surface area (Å²) in [6.07, 6.45) is 0.715. The van der Waals surface area contributed by atoms with E-state index in [-0.39, 0.29) is 11.5 Å². The first kappa shape index (κ1) is 17.5. The first-order chi connectivity index (χ1) is 12.4.